The van der Waals surface area contributed by atoms with E-state index in [4.69, 9.17) is 9.47 Å². The number of benzene rings is 1. The third kappa shape index (κ3) is 5.39. The fourth-order valence-electron chi connectivity index (χ4n) is 2.37. The van der Waals surface area contributed by atoms with Crippen molar-refractivity contribution >= 4 is 22.0 Å². The maximum absolute atomic E-state index is 11.7. The Hall–Kier alpha value is -1.27. The molecule has 1 aromatic rings. The van der Waals surface area contributed by atoms with Crippen molar-refractivity contribution in [2.45, 2.75) is 57.8 Å². The van der Waals surface area contributed by atoms with Gasteiger partial charge in [0, 0.05) is 18.1 Å². The van der Waals surface area contributed by atoms with Crippen molar-refractivity contribution in [3.63, 3.8) is 0 Å². The third-order valence-electron chi connectivity index (χ3n) is 3.63. The van der Waals surface area contributed by atoms with Crippen molar-refractivity contribution in [1.82, 2.24) is 10.6 Å². The number of nitrogens with one attached hydrogen (secondary N) is 2. The van der Waals surface area contributed by atoms with Gasteiger partial charge in [0.25, 0.3) is 0 Å². The van der Waals surface area contributed by atoms with Crippen molar-refractivity contribution in [2.75, 3.05) is 7.11 Å². The van der Waals surface area contributed by atoms with E-state index < -0.39 is 5.60 Å². The van der Waals surface area contributed by atoms with Crippen LogP contribution in [0.4, 0.5) is 4.79 Å². The smallest absolute Gasteiger partial charge is 0.407 e. The molecule has 0 heterocycles. The zero-order chi connectivity index (χ0) is 17.2. The van der Waals surface area contributed by atoms with Crippen LogP contribution in [-0.4, -0.2) is 30.9 Å². The molecule has 3 unspecified atom stereocenters. The molecule has 1 fully saturated rings. The Morgan fingerprint density at radius 2 is 2.04 bits per heavy atom. The van der Waals surface area contributed by atoms with Gasteiger partial charge < -0.3 is 20.1 Å². The Morgan fingerprint density at radius 1 is 1.35 bits per heavy atom. The van der Waals surface area contributed by atoms with E-state index in [1.54, 1.807) is 7.11 Å². The molecular formula is C17H25BrN2O3. The summed E-state index contributed by atoms with van der Waals surface area (Å²) in [6, 6.07) is 6.63. The van der Waals surface area contributed by atoms with Gasteiger partial charge in [-0.2, -0.15) is 0 Å². The highest BCUT2D eigenvalue weighted by atomic mass is 79.9. The van der Waals surface area contributed by atoms with Gasteiger partial charge >= 0.3 is 6.09 Å². The van der Waals surface area contributed by atoms with Crippen LogP contribution in [0.5, 0.6) is 5.75 Å². The second-order valence-electron chi connectivity index (χ2n) is 6.88. The van der Waals surface area contributed by atoms with E-state index in [2.05, 4.69) is 39.6 Å². The highest BCUT2D eigenvalue weighted by Gasteiger charge is 2.40. The number of halogens is 1. The molecule has 0 bridgehead atoms. The standard InChI is InChI=1S/C17H25BrN2O3/c1-10(11-6-7-15(22-5)12(18)8-11)19-13-9-14(13)20-16(21)23-17(2,3)4/h6-8,10,13-14,19H,9H2,1-5H3,(H,20,21). The largest absolute Gasteiger partial charge is 0.496 e. The fraction of sp³-hybridized carbons (Fsp3) is 0.588. The topological polar surface area (TPSA) is 59.6 Å². The van der Waals surface area contributed by atoms with Gasteiger partial charge in [0.05, 0.1) is 11.6 Å². The summed E-state index contributed by atoms with van der Waals surface area (Å²) in [5.41, 5.74) is 0.700. The van der Waals surface area contributed by atoms with Crippen LogP contribution in [0, 0.1) is 0 Å². The zero-order valence-corrected chi connectivity index (χ0v) is 15.9. The quantitative estimate of drug-likeness (QED) is 0.810. The van der Waals surface area contributed by atoms with Gasteiger partial charge in [0.2, 0.25) is 0 Å². The van der Waals surface area contributed by atoms with Crippen molar-refractivity contribution in [2.24, 2.45) is 0 Å². The maximum Gasteiger partial charge on any atom is 0.407 e. The predicted molar refractivity (Wildman–Crippen MR) is 93.8 cm³/mol. The van der Waals surface area contributed by atoms with Crippen LogP contribution in [0.2, 0.25) is 0 Å². The lowest BCUT2D eigenvalue weighted by Gasteiger charge is -2.20. The average Bonchev–Trinajstić information content (AvgIpc) is 3.13. The van der Waals surface area contributed by atoms with Crippen LogP contribution in [0.1, 0.15) is 45.7 Å². The lowest BCUT2D eigenvalue weighted by molar-refractivity contribution is 0.0522. The molecule has 2 N–H and O–H groups in total. The van der Waals surface area contributed by atoms with Crippen LogP contribution in [0.25, 0.3) is 0 Å². The molecule has 6 heteroatoms. The van der Waals surface area contributed by atoms with Crippen molar-refractivity contribution in [3.8, 4) is 5.75 Å². The SMILES string of the molecule is COc1ccc(C(C)NC2CC2NC(=O)OC(C)(C)C)cc1Br. The summed E-state index contributed by atoms with van der Waals surface area (Å²) >= 11 is 3.50. The summed E-state index contributed by atoms with van der Waals surface area (Å²) in [5.74, 6) is 0.817. The molecular weight excluding hydrogens is 360 g/mol. The number of amides is 1. The third-order valence-corrected chi connectivity index (χ3v) is 4.25. The first kappa shape index (κ1) is 18.1. The van der Waals surface area contributed by atoms with E-state index in [1.165, 1.54) is 5.56 Å². The second-order valence-corrected chi connectivity index (χ2v) is 7.73. The highest BCUT2D eigenvalue weighted by Crippen LogP contribution is 2.30. The minimum absolute atomic E-state index is 0.133. The Balaban J connectivity index is 1.82. The second kappa shape index (κ2) is 7.09. The summed E-state index contributed by atoms with van der Waals surface area (Å²) in [6.07, 6.45) is 0.563. The summed E-state index contributed by atoms with van der Waals surface area (Å²) in [6.45, 7) is 7.69. The molecule has 0 spiro atoms. The first-order valence-corrected chi connectivity index (χ1v) is 8.58. The molecule has 0 aromatic heterocycles. The molecule has 128 valence electrons. The molecule has 23 heavy (non-hydrogen) atoms. The van der Waals surface area contributed by atoms with E-state index in [0.717, 1.165) is 16.6 Å². The number of carbonyl (C=O) groups excluding carboxylic acids is 1. The van der Waals surface area contributed by atoms with Crippen molar-refractivity contribution in [1.29, 1.82) is 0 Å². The molecule has 0 aliphatic heterocycles. The first-order chi connectivity index (χ1) is 10.7. The molecule has 1 amide bonds. The van der Waals surface area contributed by atoms with Gasteiger partial charge in [-0.1, -0.05) is 6.07 Å². The summed E-state index contributed by atoms with van der Waals surface area (Å²) < 4.78 is 11.5. The highest BCUT2D eigenvalue weighted by molar-refractivity contribution is 9.10. The van der Waals surface area contributed by atoms with Crippen LogP contribution < -0.4 is 15.4 Å². The van der Waals surface area contributed by atoms with Gasteiger partial charge in [-0.3, -0.25) is 0 Å². The molecule has 1 saturated carbocycles. The van der Waals surface area contributed by atoms with E-state index in [1.807, 2.05) is 32.9 Å². The Morgan fingerprint density at radius 3 is 2.61 bits per heavy atom. The first-order valence-electron chi connectivity index (χ1n) is 7.78. The Kier molecular flexibility index (Phi) is 5.57. The summed E-state index contributed by atoms with van der Waals surface area (Å²) in [7, 11) is 1.65. The lowest BCUT2D eigenvalue weighted by atomic mass is 10.1. The number of hydrogen-bond acceptors (Lipinski definition) is 4. The van der Waals surface area contributed by atoms with Gasteiger partial charge in [-0.15, -0.1) is 0 Å². The van der Waals surface area contributed by atoms with Gasteiger partial charge in [0.1, 0.15) is 11.4 Å². The van der Waals surface area contributed by atoms with Crippen LogP contribution >= 0.6 is 15.9 Å². The average molecular weight is 385 g/mol. The molecule has 2 rings (SSSR count). The molecule has 5 nitrogen and oxygen atoms in total. The number of rotatable bonds is 5. The van der Waals surface area contributed by atoms with E-state index >= 15 is 0 Å². The number of methoxy groups -OCH3 is 1. The number of alkyl carbamates (subject to hydrolysis) is 1. The Labute approximate surface area is 146 Å². The summed E-state index contributed by atoms with van der Waals surface area (Å²) in [4.78, 5) is 11.7. The molecule has 1 aromatic carbocycles. The Bertz CT molecular complexity index is 571. The minimum atomic E-state index is -0.468. The molecule has 0 saturated heterocycles. The van der Waals surface area contributed by atoms with Crippen LogP contribution in [0.15, 0.2) is 22.7 Å². The van der Waals surface area contributed by atoms with E-state index in [-0.39, 0.29) is 24.2 Å². The molecule has 1 aliphatic carbocycles. The van der Waals surface area contributed by atoms with Crippen LogP contribution in [-0.2, 0) is 4.74 Å². The lowest BCUT2D eigenvalue weighted by Crippen LogP contribution is -2.37. The normalized spacial score (nSPS) is 21.5. The van der Waals surface area contributed by atoms with Gasteiger partial charge in [-0.05, 0) is 67.7 Å². The molecule has 0 radical (unpaired) electrons. The van der Waals surface area contributed by atoms with Gasteiger partial charge in [-0.25, -0.2) is 4.79 Å². The number of carbonyl (C=O) groups is 1. The zero-order valence-electron chi connectivity index (χ0n) is 14.3. The fourth-order valence-corrected chi connectivity index (χ4v) is 2.93. The number of ether oxygens (including phenoxy) is 2. The minimum Gasteiger partial charge on any atom is -0.496 e. The van der Waals surface area contributed by atoms with E-state index in [0.29, 0.717) is 0 Å². The molecule has 1 aliphatic rings. The van der Waals surface area contributed by atoms with Crippen molar-refractivity contribution < 1.29 is 14.3 Å². The monoisotopic (exact) mass is 384 g/mol. The van der Waals surface area contributed by atoms with Gasteiger partial charge in [0.15, 0.2) is 0 Å². The molecule has 3 atom stereocenters. The maximum atomic E-state index is 11.7. The van der Waals surface area contributed by atoms with Crippen LogP contribution in [0.3, 0.4) is 0 Å². The van der Waals surface area contributed by atoms with E-state index in [9.17, 15) is 4.79 Å². The predicted octanol–water partition coefficient (Wildman–Crippen LogP) is 3.77. The number of hydrogen-bond donors (Lipinski definition) is 2. The summed E-state index contributed by atoms with van der Waals surface area (Å²) in [5, 5.41) is 6.42. The van der Waals surface area contributed by atoms with Crippen molar-refractivity contribution in [3.05, 3.63) is 28.2 Å².